The molecule has 0 aromatic carbocycles. The third-order valence-electron chi connectivity index (χ3n) is 4.45. The first kappa shape index (κ1) is 16.3. The molecule has 1 saturated carbocycles. The van der Waals surface area contributed by atoms with E-state index in [1.807, 2.05) is 0 Å². The Kier molecular flexibility index (Phi) is 6.03. The van der Waals surface area contributed by atoms with Gasteiger partial charge in [0.2, 0.25) is 17.2 Å². The number of rotatable bonds is 6. The first-order valence-electron chi connectivity index (χ1n) is 8.04. The molecule has 0 aliphatic heterocycles. The molecule has 6 heteroatoms. The molecule has 0 saturated heterocycles. The van der Waals surface area contributed by atoms with Crippen molar-refractivity contribution in [3.05, 3.63) is 5.28 Å². The first-order valence-corrected chi connectivity index (χ1v) is 8.42. The highest BCUT2D eigenvalue weighted by atomic mass is 35.5. The quantitative estimate of drug-likeness (QED) is 0.869. The van der Waals surface area contributed by atoms with Crippen molar-refractivity contribution >= 4 is 23.5 Å². The molecule has 1 aromatic heterocycles. The van der Waals surface area contributed by atoms with E-state index in [0.717, 1.165) is 25.6 Å². The fourth-order valence-electron chi connectivity index (χ4n) is 2.99. The van der Waals surface area contributed by atoms with Crippen LogP contribution in [0.2, 0.25) is 5.28 Å². The lowest BCUT2D eigenvalue weighted by Gasteiger charge is -2.28. The van der Waals surface area contributed by atoms with E-state index in [1.165, 1.54) is 25.7 Å². The van der Waals surface area contributed by atoms with Crippen molar-refractivity contribution < 1.29 is 0 Å². The van der Waals surface area contributed by atoms with Crippen molar-refractivity contribution in [1.29, 1.82) is 0 Å². The van der Waals surface area contributed by atoms with Crippen LogP contribution >= 0.6 is 11.6 Å². The molecule has 1 aliphatic rings. The van der Waals surface area contributed by atoms with Gasteiger partial charge in [0.05, 0.1) is 0 Å². The van der Waals surface area contributed by atoms with Crippen LogP contribution in [-0.2, 0) is 0 Å². The van der Waals surface area contributed by atoms with Crippen molar-refractivity contribution in [2.45, 2.75) is 46.5 Å². The summed E-state index contributed by atoms with van der Waals surface area (Å²) in [5.41, 5.74) is 0. The zero-order valence-corrected chi connectivity index (χ0v) is 14.0. The molecule has 1 N–H and O–H groups in total. The Hall–Kier alpha value is -1.10. The summed E-state index contributed by atoms with van der Waals surface area (Å²) >= 11 is 6.03. The average molecular weight is 312 g/mol. The number of hydrogen-bond donors (Lipinski definition) is 1. The Balaban J connectivity index is 2.02. The largest absolute Gasteiger partial charge is 0.354 e. The predicted octanol–water partition coefficient (Wildman–Crippen LogP) is 3.61. The van der Waals surface area contributed by atoms with Crippen LogP contribution in [-0.4, -0.2) is 34.6 Å². The fraction of sp³-hybridized carbons (Fsp3) is 0.800. The molecular weight excluding hydrogens is 286 g/mol. The SMILES string of the molecule is CCN(CC)c1nc(Cl)nc(NCC2CCCCC2C)n1. The third-order valence-corrected chi connectivity index (χ3v) is 4.62. The van der Waals surface area contributed by atoms with Crippen LogP contribution in [0.25, 0.3) is 0 Å². The minimum Gasteiger partial charge on any atom is -0.354 e. The molecule has 21 heavy (non-hydrogen) atoms. The lowest BCUT2D eigenvalue weighted by molar-refractivity contribution is 0.268. The molecule has 5 nitrogen and oxygen atoms in total. The first-order chi connectivity index (χ1) is 10.1. The Morgan fingerprint density at radius 1 is 1.14 bits per heavy atom. The zero-order valence-electron chi connectivity index (χ0n) is 13.3. The number of anilines is 2. The second kappa shape index (κ2) is 7.78. The summed E-state index contributed by atoms with van der Waals surface area (Å²) in [6.07, 6.45) is 5.31. The summed E-state index contributed by atoms with van der Waals surface area (Å²) in [5, 5.41) is 3.61. The molecule has 1 aromatic rings. The Morgan fingerprint density at radius 3 is 2.52 bits per heavy atom. The van der Waals surface area contributed by atoms with Crippen LogP contribution in [0.15, 0.2) is 0 Å². The van der Waals surface area contributed by atoms with Gasteiger partial charge in [-0.25, -0.2) is 0 Å². The van der Waals surface area contributed by atoms with Gasteiger partial charge in [-0.05, 0) is 43.7 Å². The topological polar surface area (TPSA) is 53.9 Å². The van der Waals surface area contributed by atoms with Crippen LogP contribution in [0.1, 0.15) is 46.5 Å². The van der Waals surface area contributed by atoms with Crippen LogP contribution in [0.3, 0.4) is 0 Å². The summed E-state index contributed by atoms with van der Waals surface area (Å²) in [6.45, 7) is 9.13. The monoisotopic (exact) mass is 311 g/mol. The van der Waals surface area contributed by atoms with E-state index in [4.69, 9.17) is 11.6 Å². The molecule has 0 radical (unpaired) electrons. The number of halogens is 1. The minimum atomic E-state index is 0.256. The standard InChI is InChI=1S/C15H26ClN5/c1-4-21(5-2)15-19-13(16)18-14(20-15)17-10-12-9-7-6-8-11(12)3/h11-12H,4-10H2,1-3H3,(H,17,18,19,20). The van der Waals surface area contributed by atoms with Crippen molar-refractivity contribution in [1.82, 2.24) is 15.0 Å². The summed E-state index contributed by atoms with van der Waals surface area (Å²) in [7, 11) is 0. The van der Waals surface area contributed by atoms with Crippen molar-refractivity contribution in [2.75, 3.05) is 29.9 Å². The van der Waals surface area contributed by atoms with Gasteiger partial charge in [0.1, 0.15) is 0 Å². The summed E-state index contributed by atoms with van der Waals surface area (Å²) < 4.78 is 0. The minimum absolute atomic E-state index is 0.256. The summed E-state index contributed by atoms with van der Waals surface area (Å²) in [6, 6.07) is 0. The van der Waals surface area contributed by atoms with Gasteiger partial charge in [0, 0.05) is 19.6 Å². The molecule has 0 spiro atoms. The number of aromatic nitrogens is 3. The maximum Gasteiger partial charge on any atom is 0.231 e. The van der Waals surface area contributed by atoms with Crippen molar-refractivity contribution in [3.63, 3.8) is 0 Å². The molecule has 2 atom stereocenters. The highest BCUT2D eigenvalue weighted by Gasteiger charge is 2.21. The van der Waals surface area contributed by atoms with Crippen LogP contribution < -0.4 is 10.2 Å². The predicted molar refractivity (Wildman–Crippen MR) is 88.0 cm³/mol. The highest BCUT2D eigenvalue weighted by Crippen LogP contribution is 2.29. The van der Waals surface area contributed by atoms with E-state index >= 15 is 0 Å². The van der Waals surface area contributed by atoms with Gasteiger partial charge >= 0.3 is 0 Å². The van der Waals surface area contributed by atoms with Gasteiger partial charge in [0.15, 0.2) is 0 Å². The molecule has 0 bridgehead atoms. The van der Waals surface area contributed by atoms with Crippen molar-refractivity contribution in [2.24, 2.45) is 11.8 Å². The van der Waals surface area contributed by atoms with Gasteiger partial charge in [0.25, 0.3) is 0 Å². The number of hydrogen-bond acceptors (Lipinski definition) is 5. The zero-order chi connectivity index (χ0) is 15.2. The molecule has 2 unspecified atom stereocenters. The lowest BCUT2D eigenvalue weighted by Crippen LogP contribution is -2.27. The molecule has 0 amide bonds. The van der Waals surface area contributed by atoms with Crippen LogP contribution in [0, 0.1) is 11.8 Å². The van der Waals surface area contributed by atoms with Gasteiger partial charge in [-0.2, -0.15) is 15.0 Å². The third kappa shape index (κ3) is 4.43. The molecule has 1 fully saturated rings. The second-order valence-electron chi connectivity index (χ2n) is 5.80. The molecule has 1 aliphatic carbocycles. The highest BCUT2D eigenvalue weighted by molar-refractivity contribution is 6.28. The van der Waals surface area contributed by atoms with Crippen LogP contribution in [0.4, 0.5) is 11.9 Å². The molecule has 118 valence electrons. The number of nitrogens with one attached hydrogen (secondary N) is 1. The molecule has 1 heterocycles. The fourth-order valence-corrected chi connectivity index (χ4v) is 3.14. The van der Waals surface area contributed by atoms with E-state index in [1.54, 1.807) is 0 Å². The Labute approximate surface area is 132 Å². The van der Waals surface area contributed by atoms with E-state index in [-0.39, 0.29) is 5.28 Å². The van der Waals surface area contributed by atoms with Gasteiger partial charge in [-0.15, -0.1) is 0 Å². The molecular formula is C15H26ClN5. The Morgan fingerprint density at radius 2 is 1.86 bits per heavy atom. The van der Waals surface area contributed by atoms with Gasteiger partial charge < -0.3 is 10.2 Å². The Bertz CT molecular complexity index is 450. The van der Waals surface area contributed by atoms with Gasteiger partial charge in [-0.1, -0.05) is 26.2 Å². The maximum atomic E-state index is 6.03. The van der Waals surface area contributed by atoms with E-state index < -0.39 is 0 Å². The van der Waals surface area contributed by atoms with E-state index in [2.05, 4.69) is 45.9 Å². The average Bonchev–Trinajstić information content (AvgIpc) is 2.47. The van der Waals surface area contributed by atoms with Gasteiger partial charge in [-0.3, -0.25) is 0 Å². The summed E-state index contributed by atoms with van der Waals surface area (Å²) in [4.78, 5) is 15.0. The summed E-state index contributed by atoms with van der Waals surface area (Å²) in [5.74, 6) is 2.71. The molecule has 2 rings (SSSR count). The smallest absolute Gasteiger partial charge is 0.231 e. The second-order valence-corrected chi connectivity index (χ2v) is 6.14. The van der Waals surface area contributed by atoms with E-state index in [0.29, 0.717) is 17.8 Å². The normalized spacial score (nSPS) is 22.1. The van der Waals surface area contributed by atoms with E-state index in [9.17, 15) is 0 Å². The maximum absolute atomic E-state index is 6.03. The lowest BCUT2D eigenvalue weighted by atomic mass is 9.80. The van der Waals surface area contributed by atoms with Crippen molar-refractivity contribution in [3.8, 4) is 0 Å². The van der Waals surface area contributed by atoms with Crippen LogP contribution in [0.5, 0.6) is 0 Å². The number of nitrogens with zero attached hydrogens (tertiary/aromatic N) is 4.